The molecule has 0 saturated carbocycles. The van der Waals surface area contributed by atoms with Gasteiger partial charge in [-0.1, -0.05) is 0 Å². The maximum absolute atomic E-state index is 12.4. The Morgan fingerprint density at radius 2 is 2.24 bits per heavy atom. The quantitative estimate of drug-likeness (QED) is 0.872. The minimum Gasteiger partial charge on any atom is -0.345 e. The highest BCUT2D eigenvalue weighted by Crippen LogP contribution is 2.27. The number of halogens is 4. The summed E-state index contributed by atoms with van der Waals surface area (Å²) in [6, 6.07) is 0.662. The van der Waals surface area contributed by atoms with Crippen LogP contribution in [0.25, 0.3) is 0 Å². The van der Waals surface area contributed by atoms with E-state index in [0.29, 0.717) is 22.8 Å². The van der Waals surface area contributed by atoms with Crippen LogP contribution in [0.4, 0.5) is 13.2 Å². The fourth-order valence-electron chi connectivity index (χ4n) is 1.56. The standard InChI is InChI=1S/C11H11BrF3N5O/c1-2-20-5-6(12)8(19-20)4-16-10(21)7-3-9(18-17-7)11(13,14)15/h3,5H,2,4H2,1H3,(H,16,21)(H,17,18). The second-order valence-corrected chi connectivity index (χ2v) is 4.98. The smallest absolute Gasteiger partial charge is 0.345 e. The molecule has 10 heteroatoms. The summed E-state index contributed by atoms with van der Waals surface area (Å²) in [5.74, 6) is -0.709. The number of rotatable bonds is 4. The second kappa shape index (κ2) is 5.88. The van der Waals surface area contributed by atoms with E-state index in [1.165, 1.54) is 0 Å². The molecule has 0 aliphatic carbocycles. The maximum atomic E-state index is 12.4. The van der Waals surface area contributed by atoms with Crippen LogP contribution in [0.5, 0.6) is 0 Å². The summed E-state index contributed by atoms with van der Waals surface area (Å²) < 4.78 is 39.5. The molecule has 0 aromatic carbocycles. The van der Waals surface area contributed by atoms with Crippen LogP contribution < -0.4 is 5.32 Å². The predicted molar refractivity (Wildman–Crippen MR) is 70.4 cm³/mol. The first-order valence-corrected chi connectivity index (χ1v) is 6.73. The summed E-state index contributed by atoms with van der Waals surface area (Å²) in [5, 5.41) is 11.8. The molecule has 1 amide bonds. The van der Waals surface area contributed by atoms with E-state index in [4.69, 9.17) is 0 Å². The van der Waals surface area contributed by atoms with Crippen molar-refractivity contribution in [1.29, 1.82) is 0 Å². The Hall–Kier alpha value is -1.84. The molecule has 0 spiro atoms. The molecule has 2 heterocycles. The van der Waals surface area contributed by atoms with Gasteiger partial charge in [0, 0.05) is 18.8 Å². The Morgan fingerprint density at radius 3 is 2.76 bits per heavy atom. The van der Waals surface area contributed by atoms with Crippen LogP contribution >= 0.6 is 15.9 Å². The van der Waals surface area contributed by atoms with Crippen molar-refractivity contribution in [2.75, 3.05) is 0 Å². The van der Waals surface area contributed by atoms with Crippen LogP contribution in [0, 0.1) is 0 Å². The molecule has 0 bridgehead atoms. The third-order valence-electron chi connectivity index (χ3n) is 2.64. The molecule has 0 radical (unpaired) electrons. The molecule has 0 saturated heterocycles. The summed E-state index contributed by atoms with van der Waals surface area (Å²) in [5.41, 5.74) is -0.811. The first kappa shape index (κ1) is 15.5. The van der Waals surface area contributed by atoms with Gasteiger partial charge in [0.15, 0.2) is 5.69 Å². The van der Waals surface area contributed by atoms with E-state index in [1.807, 2.05) is 6.92 Å². The van der Waals surface area contributed by atoms with E-state index in [1.54, 1.807) is 16.0 Å². The Bertz CT molecular complexity index is 649. The minimum absolute atomic E-state index is 0.0840. The first-order chi connectivity index (χ1) is 9.81. The SMILES string of the molecule is CCn1cc(Br)c(CNC(=O)c2cc(C(F)(F)F)[nH]n2)n1. The van der Waals surface area contributed by atoms with Gasteiger partial charge in [-0.2, -0.15) is 23.4 Å². The van der Waals surface area contributed by atoms with E-state index in [-0.39, 0.29) is 12.2 Å². The van der Waals surface area contributed by atoms with Gasteiger partial charge in [0.05, 0.1) is 16.7 Å². The largest absolute Gasteiger partial charge is 0.432 e. The summed E-state index contributed by atoms with van der Waals surface area (Å²) >= 11 is 3.29. The number of H-pyrrole nitrogens is 1. The number of aromatic nitrogens is 4. The fraction of sp³-hybridized carbons (Fsp3) is 0.364. The topological polar surface area (TPSA) is 75.6 Å². The zero-order chi connectivity index (χ0) is 15.6. The van der Waals surface area contributed by atoms with Crippen molar-refractivity contribution in [3.05, 3.63) is 33.8 Å². The van der Waals surface area contributed by atoms with Crippen LogP contribution in [-0.4, -0.2) is 25.9 Å². The number of nitrogens with one attached hydrogen (secondary N) is 2. The lowest BCUT2D eigenvalue weighted by molar-refractivity contribution is -0.141. The van der Waals surface area contributed by atoms with Crippen molar-refractivity contribution < 1.29 is 18.0 Å². The molecule has 6 nitrogen and oxygen atoms in total. The van der Waals surface area contributed by atoms with Gasteiger partial charge in [-0.3, -0.25) is 14.6 Å². The monoisotopic (exact) mass is 365 g/mol. The Kier molecular flexibility index (Phi) is 4.35. The summed E-state index contributed by atoms with van der Waals surface area (Å²) in [6.45, 7) is 2.66. The lowest BCUT2D eigenvalue weighted by Gasteiger charge is -2.01. The van der Waals surface area contributed by atoms with Gasteiger partial charge < -0.3 is 5.32 Å². The fourth-order valence-corrected chi connectivity index (χ4v) is 2.01. The third-order valence-corrected chi connectivity index (χ3v) is 3.31. The van der Waals surface area contributed by atoms with E-state index in [2.05, 4.69) is 31.4 Å². The molecule has 0 atom stereocenters. The minimum atomic E-state index is -4.56. The Labute approximate surface area is 125 Å². The van der Waals surface area contributed by atoms with Crippen molar-refractivity contribution in [2.45, 2.75) is 26.2 Å². The molecule has 0 fully saturated rings. The van der Waals surface area contributed by atoms with Gasteiger partial charge in [0.1, 0.15) is 5.69 Å². The van der Waals surface area contributed by atoms with Crippen molar-refractivity contribution in [2.24, 2.45) is 0 Å². The highest BCUT2D eigenvalue weighted by atomic mass is 79.9. The van der Waals surface area contributed by atoms with Crippen molar-refractivity contribution >= 4 is 21.8 Å². The van der Waals surface area contributed by atoms with Gasteiger partial charge >= 0.3 is 6.18 Å². The van der Waals surface area contributed by atoms with Crippen LogP contribution in [-0.2, 0) is 19.3 Å². The van der Waals surface area contributed by atoms with Gasteiger partial charge in [-0.05, 0) is 22.9 Å². The van der Waals surface area contributed by atoms with E-state index < -0.39 is 17.8 Å². The van der Waals surface area contributed by atoms with Crippen molar-refractivity contribution in [3.8, 4) is 0 Å². The van der Waals surface area contributed by atoms with E-state index in [9.17, 15) is 18.0 Å². The molecule has 2 aromatic heterocycles. The maximum Gasteiger partial charge on any atom is 0.432 e. The molecule has 21 heavy (non-hydrogen) atoms. The lowest BCUT2D eigenvalue weighted by atomic mass is 10.3. The molecule has 0 aliphatic rings. The second-order valence-electron chi connectivity index (χ2n) is 4.13. The highest BCUT2D eigenvalue weighted by Gasteiger charge is 2.33. The number of carbonyl (C=O) groups excluding carboxylic acids is 1. The number of amides is 1. The summed E-state index contributed by atoms with van der Waals surface area (Å²) in [7, 11) is 0. The number of aryl methyl sites for hydroxylation is 1. The van der Waals surface area contributed by atoms with Crippen LogP contribution in [0.15, 0.2) is 16.7 Å². The number of nitrogens with zero attached hydrogens (tertiary/aromatic N) is 3. The number of hydrogen-bond donors (Lipinski definition) is 2. The molecule has 114 valence electrons. The number of hydrogen-bond acceptors (Lipinski definition) is 3. The van der Waals surface area contributed by atoms with Crippen LogP contribution in [0.2, 0.25) is 0 Å². The number of aromatic amines is 1. The normalized spacial score (nSPS) is 11.7. The number of carbonyl (C=O) groups is 1. The average Bonchev–Trinajstić information content (AvgIpc) is 3.02. The molecule has 0 unspecified atom stereocenters. The third kappa shape index (κ3) is 3.63. The van der Waals surface area contributed by atoms with Gasteiger partial charge in [0.25, 0.3) is 5.91 Å². The van der Waals surface area contributed by atoms with Gasteiger partial charge in [-0.15, -0.1) is 0 Å². The lowest BCUT2D eigenvalue weighted by Crippen LogP contribution is -2.23. The van der Waals surface area contributed by atoms with Gasteiger partial charge in [0.2, 0.25) is 0 Å². The van der Waals surface area contributed by atoms with Gasteiger partial charge in [-0.25, -0.2) is 0 Å². The van der Waals surface area contributed by atoms with Crippen LogP contribution in [0.1, 0.15) is 28.8 Å². The van der Waals surface area contributed by atoms with Crippen molar-refractivity contribution in [1.82, 2.24) is 25.3 Å². The molecule has 2 N–H and O–H groups in total. The first-order valence-electron chi connectivity index (χ1n) is 5.94. The van der Waals surface area contributed by atoms with E-state index in [0.717, 1.165) is 0 Å². The molecular weight excluding hydrogens is 355 g/mol. The average molecular weight is 366 g/mol. The Balaban J connectivity index is 2.01. The molecule has 0 aliphatic heterocycles. The Morgan fingerprint density at radius 1 is 1.52 bits per heavy atom. The van der Waals surface area contributed by atoms with E-state index >= 15 is 0 Å². The number of alkyl halides is 3. The summed E-state index contributed by atoms with van der Waals surface area (Å²) in [4.78, 5) is 11.7. The molecule has 2 rings (SSSR count). The zero-order valence-electron chi connectivity index (χ0n) is 10.8. The zero-order valence-corrected chi connectivity index (χ0v) is 12.4. The van der Waals surface area contributed by atoms with Crippen LogP contribution in [0.3, 0.4) is 0 Å². The molecule has 2 aromatic rings. The van der Waals surface area contributed by atoms with Crippen molar-refractivity contribution in [3.63, 3.8) is 0 Å². The highest BCUT2D eigenvalue weighted by molar-refractivity contribution is 9.10. The summed E-state index contributed by atoms with van der Waals surface area (Å²) in [6.07, 6.45) is -2.81. The predicted octanol–water partition coefficient (Wildman–Crippen LogP) is 2.34. The molecular formula is C11H11BrF3N5O.